The van der Waals surface area contributed by atoms with E-state index in [-0.39, 0.29) is 5.91 Å². The van der Waals surface area contributed by atoms with Crippen LogP contribution < -0.4 is 20.1 Å². The second-order valence-corrected chi connectivity index (χ2v) is 4.08. The monoisotopic (exact) mass is 266 g/mol. The Morgan fingerprint density at radius 3 is 2.68 bits per heavy atom. The van der Waals surface area contributed by atoms with Crippen LogP contribution in [0.1, 0.15) is 19.4 Å². The highest BCUT2D eigenvalue weighted by atomic mass is 16.5. The van der Waals surface area contributed by atoms with Crippen LogP contribution in [0.25, 0.3) is 0 Å². The molecule has 19 heavy (non-hydrogen) atoms. The quantitative estimate of drug-likeness (QED) is 0.697. The third-order valence-electron chi connectivity index (χ3n) is 2.53. The van der Waals surface area contributed by atoms with Crippen LogP contribution in [0.2, 0.25) is 0 Å². The van der Waals surface area contributed by atoms with E-state index < -0.39 is 0 Å². The molecule has 0 aliphatic heterocycles. The molecule has 1 amide bonds. The van der Waals surface area contributed by atoms with E-state index in [1.54, 1.807) is 7.11 Å². The first-order valence-corrected chi connectivity index (χ1v) is 6.42. The predicted molar refractivity (Wildman–Crippen MR) is 74.6 cm³/mol. The van der Waals surface area contributed by atoms with Crippen LogP contribution in [0.3, 0.4) is 0 Å². The molecule has 0 heterocycles. The molecule has 1 aromatic rings. The number of benzene rings is 1. The molecule has 0 aromatic heterocycles. The number of amides is 1. The fourth-order valence-corrected chi connectivity index (χ4v) is 1.66. The molecule has 0 atom stereocenters. The van der Waals surface area contributed by atoms with Gasteiger partial charge >= 0.3 is 0 Å². The van der Waals surface area contributed by atoms with E-state index in [1.165, 1.54) is 6.92 Å². The summed E-state index contributed by atoms with van der Waals surface area (Å²) in [5, 5.41) is 5.99. The van der Waals surface area contributed by atoms with Crippen molar-refractivity contribution in [2.45, 2.75) is 20.4 Å². The second-order valence-electron chi connectivity index (χ2n) is 4.08. The maximum atomic E-state index is 10.7. The van der Waals surface area contributed by atoms with Gasteiger partial charge in [-0.1, -0.05) is 6.07 Å². The second kappa shape index (κ2) is 8.37. The van der Waals surface area contributed by atoms with Gasteiger partial charge in [0.05, 0.1) is 13.7 Å². The molecule has 1 rings (SSSR count). The number of carbonyl (C=O) groups is 1. The molecule has 0 aliphatic carbocycles. The summed E-state index contributed by atoms with van der Waals surface area (Å²) in [5.41, 5.74) is 1.12. The van der Waals surface area contributed by atoms with Gasteiger partial charge in [-0.2, -0.15) is 0 Å². The maximum Gasteiger partial charge on any atom is 0.216 e. The summed E-state index contributed by atoms with van der Waals surface area (Å²) < 4.78 is 10.7. The minimum Gasteiger partial charge on any atom is -0.493 e. The van der Waals surface area contributed by atoms with E-state index in [1.807, 2.05) is 25.1 Å². The molecule has 0 bridgehead atoms. The molecule has 1 aromatic carbocycles. The van der Waals surface area contributed by atoms with Crippen molar-refractivity contribution in [1.82, 2.24) is 10.6 Å². The molecular weight excluding hydrogens is 244 g/mol. The number of nitrogens with one attached hydrogen (secondary N) is 2. The van der Waals surface area contributed by atoms with E-state index in [0.717, 1.165) is 30.2 Å². The van der Waals surface area contributed by atoms with Gasteiger partial charge in [-0.3, -0.25) is 4.79 Å². The van der Waals surface area contributed by atoms with Crippen LogP contribution >= 0.6 is 0 Å². The van der Waals surface area contributed by atoms with Gasteiger partial charge in [-0.05, 0) is 24.6 Å². The average molecular weight is 266 g/mol. The lowest BCUT2D eigenvalue weighted by molar-refractivity contribution is -0.118. The molecule has 5 nitrogen and oxygen atoms in total. The van der Waals surface area contributed by atoms with Gasteiger partial charge in [-0.25, -0.2) is 0 Å². The van der Waals surface area contributed by atoms with E-state index in [4.69, 9.17) is 9.47 Å². The van der Waals surface area contributed by atoms with Gasteiger partial charge in [0.1, 0.15) is 0 Å². The van der Waals surface area contributed by atoms with Gasteiger partial charge < -0.3 is 20.1 Å². The zero-order valence-corrected chi connectivity index (χ0v) is 11.8. The van der Waals surface area contributed by atoms with Gasteiger partial charge in [0.2, 0.25) is 5.91 Å². The first kappa shape index (κ1) is 15.3. The summed E-state index contributed by atoms with van der Waals surface area (Å²) in [7, 11) is 1.63. The highest BCUT2D eigenvalue weighted by Gasteiger charge is 2.04. The molecule has 0 radical (unpaired) electrons. The standard InChI is InChI=1S/C14H22N2O3/c1-4-19-14-9-12(5-6-13(14)18-3)10-15-7-8-16-11(2)17/h5-6,9,15H,4,7-8,10H2,1-3H3,(H,16,17). The first-order valence-electron chi connectivity index (χ1n) is 6.42. The van der Waals surface area contributed by atoms with Crippen LogP contribution in [-0.2, 0) is 11.3 Å². The summed E-state index contributed by atoms with van der Waals surface area (Å²) >= 11 is 0. The number of ether oxygens (including phenoxy) is 2. The van der Waals surface area contributed by atoms with Crippen molar-refractivity contribution >= 4 is 5.91 Å². The Morgan fingerprint density at radius 2 is 2.05 bits per heavy atom. The van der Waals surface area contributed by atoms with Crippen molar-refractivity contribution < 1.29 is 14.3 Å². The highest BCUT2D eigenvalue weighted by molar-refractivity contribution is 5.72. The number of hydrogen-bond donors (Lipinski definition) is 2. The minimum atomic E-state index is -0.00937. The van der Waals surface area contributed by atoms with Crippen LogP contribution in [0, 0.1) is 0 Å². The number of methoxy groups -OCH3 is 1. The van der Waals surface area contributed by atoms with Crippen molar-refractivity contribution in [3.63, 3.8) is 0 Å². The average Bonchev–Trinajstić information content (AvgIpc) is 2.39. The third kappa shape index (κ3) is 5.61. The van der Waals surface area contributed by atoms with Gasteiger partial charge in [0.15, 0.2) is 11.5 Å². The van der Waals surface area contributed by atoms with E-state index in [2.05, 4.69) is 10.6 Å². The van der Waals surface area contributed by atoms with Crippen molar-refractivity contribution in [2.24, 2.45) is 0 Å². The third-order valence-corrected chi connectivity index (χ3v) is 2.53. The lowest BCUT2D eigenvalue weighted by atomic mass is 10.2. The molecule has 5 heteroatoms. The van der Waals surface area contributed by atoms with Crippen LogP contribution in [0.5, 0.6) is 11.5 Å². The highest BCUT2D eigenvalue weighted by Crippen LogP contribution is 2.27. The Kier molecular flexibility index (Phi) is 6.74. The predicted octanol–water partition coefficient (Wildman–Crippen LogP) is 1.32. The van der Waals surface area contributed by atoms with E-state index in [0.29, 0.717) is 13.2 Å². The molecular formula is C14H22N2O3. The van der Waals surface area contributed by atoms with Gasteiger partial charge in [-0.15, -0.1) is 0 Å². The van der Waals surface area contributed by atoms with E-state index in [9.17, 15) is 4.79 Å². The SMILES string of the molecule is CCOc1cc(CNCCNC(C)=O)ccc1OC. The lowest BCUT2D eigenvalue weighted by Crippen LogP contribution is -2.29. The zero-order chi connectivity index (χ0) is 14.1. The van der Waals surface area contributed by atoms with E-state index >= 15 is 0 Å². The molecule has 0 unspecified atom stereocenters. The van der Waals surface area contributed by atoms with Gasteiger partial charge in [0, 0.05) is 26.6 Å². The van der Waals surface area contributed by atoms with Crippen LogP contribution in [0.15, 0.2) is 18.2 Å². The summed E-state index contributed by atoms with van der Waals surface area (Å²) in [4.78, 5) is 10.7. The Morgan fingerprint density at radius 1 is 1.26 bits per heavy atom. The van der Waals surface area contributed by atoms with Crippen molar-refractivity contribution in [1.29, 1.82) is 0 Å². The number of carbonyl (C=O) groups excluding carboxylic acids is 1. The Balaban J connectivity index is 2.45. The first-order chi connectivity index (χ1) is 9.17. The summed E-state index contributed by atoms with van der Waals surface area (Å²) in [6, 6.07) is 5.86. The Hall–Kier alpha value is -1.75. The molecule has 0 saturated heterocycles. The summed E-state index contributed by atoms with van der Waals surface area (Å²) in [6.45, 7) is 6.15. The lowest BCUT2D eigenvalue weighted by Gasteiger charge is -2.11. The van der Waals surface area contributed by atoms with Gasteiger partial charge in [0.25, 0.3) is 0 Å². The van der Waals surface area contributed by atoms with Crippen molar-refractivity contribution in [3.05, 3.63) is 23.8 Å². The Labute approximate surface area is 114 Å². The van der Waals surface area contributed by atoms with Crippen molar-refractivity contribution in [2.75, 3.05) is 26.8 Å². The fraction of sp³-hybridized carbons (Fsp3) is 0.500. The zero-order valence-electron chi connectivity index (χ0n) is 11.8. The molecule has 0 aliphatic rings. The largest absolute Gasteiger partial charge is 0.493 e. The molecule has 0 fully saturated rings. The van der Waals surface area contributed by atoms with Crippen molar-refractivity contribution in [3.8, 4) is 11.5 Å². The normalized spacial score (nSPS) is 10.1. The molecule has 2 N–H and O–H groups in total. The van der Waals surface area contributed by atoms with Crippen LogP contribution in [-0.4, -0.2) is 32.7 Å². The Bertz CT molecular complexity index is 408. The molecule has 106 valence electrons. The molecule has 0 spiro atoms. The number of rotatable bonds is 8. The molecule has 0 saturated carbocycles. The topological polar surface area (TPSA) is 59.6 Å². The maximum absolute atomic E-state index is 10.7. The van der Waals surface area contributed by atoms with Crippen LogP contribution in [0.4, 0.5) is 0 Å². The smallest absolute Gasteiger partial charge is 0.216 e. The summed E-state index contributed by atoms with van der Waals surface area (Å²) in [6.07, 6.45) is 0. The summed E-state index contributed by atoms with van der Waals surface area (Å²) in [5.74, 6) is 1.49. The minimum absolute atomic E-state index is 0.00937. The fourth-order valence-electron chi connectivity index (χ4n) is 1.66. The number of hydrogen-bond acceptors (Lipinski definition) is 4.